The van der Waals surface area contributed by atoms with Gasteiger partial charge in [0.2, 0.25) is 27.7 Å². The van der Waals surface area contributed by atoms with E-state index < -0.39 is 80.8 Å². The van der Waals surface area contributed by atoms with Gasteiger partial charge < -0.3 is 24.4 Å². The lowest BCUT2D eigenvalue weighted by Crippen LogP contribution is -2.52. The average Bonchev–Trinajstić information content (AvgIpc) is 3.99. The lowest BCUT2D eigenvalue weighted by molar-refractivity contribution is -0.140. The maximum atomic E-state index is 14.8. The summed E-state index contributed by atoms with van der Waals surface area (Å²) in [7, 11) is -2.46. The molecule has 2 N–H and O–H groups in total. The molecule has 3 fully saturated rings. The smallest absolute Gasteiger partial charge is 0.274 e. The van der Waals surface area contributed by atoms with Crippen molar-refractivity contribution >= 4 is 44.4 Å². The number of methoxy groups -OCH3 is 1. The molecule has 5 atom stereocenters. The summed E-state index contributed by atoms with van der Waals surface area (Å²) in [6.45, 7) is 6.26. The summed E-state index contributed by atoms with van der Waals surface area (Å²) in [4.78, 5) is 63.8. The standard InChI is InChI=1S/C42H53F2N7O9S/c1-24(2)59-36-18-34(28-13-14-33(58-5)25(3)37(28)47-36)60-27-17-31-32(52)20-42(40(55)49-61(56,57)41(4)15-16-41)19-26(42)11-9-7-6-8-10-12-29(39(54)50(31)22-27)46-38(53)30-21-45-51(48-30)23-35(43)44/h9,11,13-14,18,21,24,26-27,29,31,35H,6-8,10,12,15-17,19-20,22-23H2,1-5H3,(H,46,53)(H,49,55)/b11-9-/t26-,27-,29+,31+,42-/m1/s1. The Hall–Kier alpha value is -5.20. The van der Waals surface area contributed by atoms with Crippen molar-refractivity contribution in [3.63, 3.8) is 0 Å². The number of rotatable bonds is 12. The third-order valence-electron chi connectivity index (χ3n) is 12.2. The van der Waals surface area contributed by atoms with Crippen LogP contribution in [0, 0.1) is 18.3 Å². The Morgan fingerprint density at radius 1 is 1.10 bits per heavy atom. The number of pyridine rings is 1. The van der Waals surface area contributed by atoms with Gasteiger partial charge in [-0.2, -0.15) is 9.90 Å². The van der Waals surface area contributed by atoms with E-state index in [1.807, 2.05) is 32.9 Å². The SMILES string of the molecule is COc1ccc2c(O[C@@H]3C[C@H]4C(=O)C[C@]5(C(=O)NS(=O)(=O)C6(C)CC6)C[C@H]5/C=C\CCCCC[C@H](NC(=O)c5cnn(CC(F)F)n5)C(=O)N4C3)cc(OC(C)C)nc2c1C. The van der Waals surface area contributed by atoms with Crippen LogP contribution in [0.25, 0.3) is 10.9 Å². The Bertz CT molecular complexity index is 2330. The maximum Gasteiger partial charge on any atom is 0.274 e. The van der Waals surface area contributed by atoms with Crippen LogP contribution in [0.5, 0.6) is 17.4 Å². The Morgan fingerprint density at radius 2 is 1.87 bits per heavy atom. The van der Waals surface area contributed by atoms with E-state index in [4.69, 9.17) is 19.2 Å². The minimum atomic E-state index is -4.01. The molecule has 4 aliphatic rings. The number of ether oxygens (including phenoxy) is 3. The average molecular weight is 870 g/mol. The van der Waals surface area contributed by atoms with Crippen LogP contribution in [-0.4, -0.2) is 106 Å². The van der Waals surface area contributed by atoms with Gasteiger partial charge in [0.1, 0.15) is 30.2 Å². The number of nitrogens with one attached hydrogen (secondary N) is 2. The number of aryl methyl sites for hydroxylation is 1. The number of nitrogens with zero attached hydrogens (tertiary/aromatic N) is 5. The van der Waals surface area contributed by atoms with Crippen molar-refractivity contribution in [2.45, 2.75) is 134 Å². The highest BCUT2D eigenvalue weighted by Crippen LogP contribution is 2.57. The molecule has 1 saturated heterocycles. The van der Waals surface area contributed by atoms with E-state index >= 15 is 0 Å². The molecule has 16 nitrogen and oxygen atoms in total. The summed E-state index contributed by atoms with van der Waals surface area (Å²) < 4.78 is 72.0. The first-order valence-electron chi connectivity index (χ1n) is 20.8. The number of alkyl halides is 2. The van der Waals surface area contributed by atoms with Crippen molar-refractivity contribution in [1.29, 1.82) is 0 Å². The van der Waals surface area contributed by atoms with Crippen molar-refractivity contribution in [1.82, 2.24) is 34.9 Å². The minimum Gasteiger partial charge on any atom is -0.496 e. The molecule has 3 aromatic rings. The van der Waals surface area contributed by atoms with Crippen LogP contribution in [0.4, 0.5) is 8.78 Å². The van der Waals surface area contributed by atoms with Crippen LogP contribution in [0.3, 0.4) is 0 Å². The van der Waals surface area contributed by atoms with Crippen LogP contribution in [-0.2, 0) is 31.0 Å². The van der Waals surface area contributed by atoms with Crippen molar-refractivity contribution in [3.05, 3.63) is 47.8 Å². The number of carbonyl (C=O) groups excluding carboxylic acids is 4. The van der Waals surface area contributed by atoms with Crippen LogP contribution < -0.4 is 24.2 Å². The van der Waals surface area contributed by atoms with E-state index in [0.717, 1.165) is 18.2 Å². The molecule has 4 heterocycles. The Labute approximate surface area is 353 Å². The van der Waals surface area contributed by atoms with E-state index in [9.17, 15) is 36.4 Å². The predicted octanol–water partition coefficient (Wildman–Crippen LogP) is 4.83. The fourth-order valence-electron chi connectivity index (χ4n) is 8.29. The number of amides is 3. The van der Waals surface area contributed by atoms with Gasteiger partial charge in [-0.15, -0.1) is 5.10 Å². The van der Waals surface area contributed by atoms with Crippen molar-refractivity contribution in [2.75, 3.05) is 13.7 Å². The highest BCUT2D eigenvalue weighted by atomic mass is 32.2. The first-order valence-corrected chi connectivity index (χ1v) is 22.3. The molecule has 19 heteroatoms. The first-order chi connectivity index (χ1) is 28.9. The lowest BCUT2D eigenvalue weighted by atomic mass is 9.91. The van der Waals surface area contributed by atoms with Gasteiger partial charge in [0.25, 0.3) is 12.3 Å². The number of ketones is 1. The molecule has 0 spiro atoms. The quantitative estimate of drug-likeness (QED) is 0.236. The molecule has 0 unspecified atom stereocenters. The van der Waals surface area contributed by atoms with E-state index in [1.165, 1.54) is 4.90 Å². The van der Waals surface area contributed by atoms with Crippen molar-refractivity contribution in [3.8, 4) is 17.4 Å². The number of hydrogen-bond donors (Lipinski definition) is 2. The van der Waals surface area contributed by atoms with Crippen molar-refractivity contribution < 1.29 is 50.6 Å². The number of allylic oxidation sites excluding steroid dienone is 2. The minimum absolute atomic E-state index is 0.0150. The number of carbonyl (C=O) groups is 4. The van der Waals surface area contributed by atoms with Gasteiger partial charge in [-0.3, -0.25) is 23.9 Å². The third kappa shape index (κ3) is 9.35. The highest BCUT2D eigenvalue weighted by molar-refractivity contribution is 7.91. The molecular weight excluding hydrogens is 817 g/mol. The number of fused-ring (bicyclic) bond motifs is 3. The Morgan fingerprint density at radius 3 is 2.57 bits per heavy atom. The molecule has 2 aliphatic carbocycles. The summed E-state index contributed by atoms with van der Waals surface area (Å²) in [6, 6.07) is 2.97. The van der Waals surface area contributed by atoms with Crippen LogP contribution in [0.1, 0.15) is 101 Å². The predicted molar refractivity (Wildman–Crippen MR) is 218 cm³/mol. The number of hydrogen-bond acceptors (Lipinski definition) is 12. The molecule has 2 aromatic heterocycles. The zero-order valence-electron chi connectivity index (χ0n) is 35.0. The molecule has 1 aromatic carbocycles. The second-order valence-electron chi connectivity index (χ2n) is 17.2. The summed E-state index contributed by atoms with van der Waals surface area (Å²) in [6.07, 6.45) is 4.65. The van der Waals surface area contributed by atoms with E-state index in [-0.39, 0.29) is 49.9 Å². The summed E-state index contributed by atoms with van der Waals surface area (Å²) in [5.74, 6) is -1.70. The summed E-state index contributed by atoms with van der Waals surface area (Å²) in [5, 5.41) is 11.0. The molecule has 3 amide bonds. The monoisotopic (exact) mass is 869 g/mol. The highest BCUT2D eigenvalue weighted by Gasteiger charge is 2.62. The number of sulfonamides is 1. The van der Waals surface area contributed by atoms with E-state index in [1.54, 1.807) is 32.2 Å². The second kappa shape index (κ2) is 17.3. The lowest BCUT2D eigenvalue weighted by Gasteiger charge is -2.29. The third-order valence-corrected chi connectivity index (χ3v) is 14.4. The fourth-order valence-corrected chi connectivity index (χ4v) is 9.62. The van der Waals surface area contributed by atoms with E-state index in [0.29, 0.717) is 59.3 Å². The van der Waals surface area contributed by atoms with Gasteiger partial charge >= 0.3 is 0 Å². The van der Waals surface area contributed by atoms with Gasteiger partial charge in [-0.05, 0) is 84.3 Å². The van der Waals surface area contributed by atoms with Crippen molar-refractivity contribution in [2.24, 2.45) is 11.3 Å². The van der Waals surface area contributed by atoms with Crippen LogP contribution >= 0.6 is 0 Å². The second-order valence-corrected chi connectivity index (χ2v) is 19.4. The number of aromatic nitrogens is 4. The molecule has 330 valence electrons. The molecule has 2 aliphatic heterocycles. The van der Waals surface area contributed by atoms with Gasteiger partial charge in [0, 0.05) is 29.9 Å². The molecule has 0 bridgehead atoms. The topological polar surface area (TPSA) is 201 Å². The zero-order valence-corrected chi connectivity index (χ0v) is 35.8. The van der Waals surface area contributed by atoms with Gasteiger partial charge in [0.15, 0.2) is 11.5 Å². The van der Waals surface area contributed by atoms with E-state index in [2.05, 4.69) is 20.2 Å². The van der Waals surface area contributed by atoms with Crippen LogP contribution in [0.2, 0.25) is 0 Å². The molecular formula is C42H53F2N7O9S. The largest absolute Gasteiger partial charge is 0.496 e. The molecule has 2 saturated carbocycles. The van der Waals surface area contributed by atoms with Crippen LogP contribution in [0.15, 0.2) is 36.5 Å². The maximum absolute atomic E-state index is 14.8. The molecule has 7 rings (SSSR count). The zero-order chi connectivity index (χ0) is 43.9. The van der Waals surface area contributed by atoms with Gasteiger partial charge in [-0.25, -0.2) is 22.2 Å². The van der Waals surface area contributed by atoms with Gasteiger partial charge in [0.05, 0.1) is 47.7 Å². The number of Topliss-reactive ketones (excluding diaryl/α,β-unsaturated/α-hetero) is 1. The molecule has 61 heavy (non-hydrogen) atoms. The Balaban J connectivity index is 1.23. The summed E-state index contributed by atoms with van der Waals surface area (Å²) in [5.41, 5.74) is -0.302. The van der Waals surface area contributed by atoms with Gasteiger partial charge in [-0.1, -0.05) is 25.0 Å². The number of halogens is 2. The molecule has 0 radical (unpaired) electrons. The normalized spacial score (nSPS) is 25.9. The number of benzene rings is 1. The fraction of sp³-hybridized carbons (Fsp3) is 0.595. The summed E-state index contributed by atoms with van der Waals surface area (Å²) >= 11 is 0. The Kier molecular flexibility index (Phi) is 12.4. The first kappa shape index (κ1) is 43.9.